The van der Waals surface area contributed by atoms with Crippen LogP contribution in [0.3, 0.4) is 0 Å². The molecule has 3 heterocycles. The Morgan fingerprint density at radius 2 is 1.96 bits per heavy atom. The zero-order chi connectivity index (χ0) is 16.0. The van der Waals surface area contributed by atoms with Crippen molar-refractivity contribution in [2.45, 2.75) is 6.92 Å². The van der Waals surface area contributed by atoms with E-state index < -0.39 is 0 Å². The van der Waals surface area contributed by atoms with Crippen molar-refractivity contribution in [1.29, 1.82) is 0 Å². The Bertz CT molecular complexity index is 762. The number of rotatable bonds is 2. The standard InChI is InChI=1S/C17H19N5O/c1-12-9-21(13-6-4-3-5-7-13)17-16(15(12)18)19-8-14-10-20(23-2)11-22(14)17/h3-8,10H,9,11,18H2,1-2H3. The predicted octanol–water partition coefficient (Wildman–Crippen LogP) is 1.97. The van der Waals surface area contributed by atoms with Crippen molar-refractivity contribution in [2.24, 2.45) is 10.7 Å². The summed E-state index contributed by atoms with van der Waals surface area (Å²) in [6, 6.07) is 10.3. The Labute approximate surface area is 135 Å². The minimum absolute atomic E-state index is 0.617. The number of anilines is 1. The number of allylic oxidation sites excluding steroid dienone is 1. The summed E-state index contributed by atoms with van der Waals surface area (Å²) in [7, 11) is 1.66. The Hall–Kier alpha value is -2.73. The molecule has 2 N–H and O–H groups in total. The fraction of sp³-hybridized carbons (Fsp3) is 0.235. The largest absolute Gasteiger partial charge is 0.397 e. The molecule has 1 aromatic carbocycles. The first-order valence-electron chi connectivity index (χ1n) is 7.55. The number of hydroxylamine groups is 2. The molecule has 0 radical (unpaired) electrons. The minimum atomic E-state index is 0.617. The molecule has 0 atom stereocenters. The first kappa shape index (κ1) is 13.9. The van der Waals surface area contributed by atoms with Crippen molar-refractivity contribution < 1.29 is 4.84 Å². The molecule has 0 fully saturated rings. The third-order valence-electron chi connectivity index (χ3n) is 4.33. The zero-order valence-corrected chi connectivity index (χ0v) is 13.2. The Morgan fingerprint density at radius 1 is 1.17 bits per heavy atom. The van der Waals surface area contributed by atoms with Crippen molar-refractivity contribution >= 4 is 11.9 Å². The van der Waals surface area contributed by atoms with Crippen LogP contribution in [0.4, 0.5) is 5.69 Å². The lowest BCUT2D eigenvalue weighted by Crippen LogP contribution is -2.42. The van der Waals surface area contributed by atoms with E-state index in [-0.39, 0.29) is 0 Å². The van der Waals surface area contributed by atoms with Crippen molar-refractivity contribution in [3.8, 4) is 0 Å². The van der Waals surface area contributed by atoms with Gasteiger partial charge in [-0.25, -0.2) is 10.1 Å². The van der Waals surface area contributed by atoms with E-state index in [0.29, 0.717) is 6.67 Å². The van der Waals surface area contributed by atoms with Crippen molar-refractivity contribution in [3.63, 3.8) is 0 Å². The highest BCUT2D eigenvalue weighted by Gasteiger charge is 2.35. The molecule has 0 spiro atoms. The highest BCUT2D eigenvalue weighted by atomic mass is 16.7. The second-order valence-corrected chi connectivity index (χ2v) is 5.77. The van der Waals surface area contributed by atoms with Crippen molar-refractivity contribution in [2.75, 3.05) is 25.2 Å². The summed E-state index contributed by atoms with van der Waals surface area (Å²) in [5.74, 6) is 1.01. The van der Waals surface area contributed by atoms with Crippen LogP contribution in [-0.4, -0.2) is 36.5 Å². The summed E-state index contributed by atoms with van der Waals surface area (Å²) in [6.07, 6.45) is 3.78. The molecule has 0 saturated heterocycles. The predicted molar refractivity (Wildman–Crippen MR) is 89.8 cm³/mol. The van der Waals surface area contributed by atoms with Gasteiger partial charge in [0.1, 0.15) is 18.2 Å². The van der Waals surface area contributed by atoms with E-state index in [2.05, 4.69) is 33.8 Å². The van der Waals surface area contributed by atoms with Crippen LogP contribution in [0.2, 0.25) is 0 Å². The molecular formula is C17H19N5O. The average Bonchev–Trinajstić information content (AvgIpc) is 3.02. The summed E-state index contributed by atoms with van der Waals surface area (Å²) in [6.45, 7) is 3.43. The molecule has 6 nitrogen and oxygen atoms in total. The van der Waals surface area contributed by atoms with E-state index >= 15 is 0 Å². The molecular weight excluding hydrogens is 290 g/mol. The van der Waals surface area contributed by atoms with Crippen LogP contribution in [0.25, 0.3) is 0 Å². The number of aliphatic imine (C=N–C) groups is 1. The maximum Gasteiger partial charge on any atom is 0.144 e. The van der Waals surface area contributed by atoms with E-state index in [9.17, 15) is 0 Å². The molecule has 0 aliphatic carbocycles. The van der Waals surface area contributed by atoms with Gasteiger partial charge in [0, 0.05) is 12.2 Å². The molecule has 1 aromatic rings. The van der Waals surface area contributed by atoms with Crippen molar-refractivity contribution in [3.05, 3.63) is 65.0 Å². The molecule has 23 heavy (non-hydrogen) atoms. The smallest absolute Gasteiger partial charge is 0.144 e. The lowest BCUT2D eigenvalue weighted by atomic mass is 10.1. The molecule has 3 aliphatic heterocycles. The maximum absolute atomic E-state index is 6.31. The molecule has 0 amide bonds. The van der Waals surface area contributed by atoms with Gasteiger partial charge in [-0.3, -0.25) is 4.84 Å². The van der Waals surface area contributed by atoms with Gasteiger partial charge in [-0.15, -0.1) is 0 Å². The van der Waals surface area contributed by atoms with Gasteiger partial charge in [0.05, 0.1) is 30.9 Å². The van der Waals surface area contributed by atoms with E-state index in [1.807, 2.05) is 30.6 Å². The third-order valence-corrected chi connectivity index (χ3v) is 4.33. The Kier molecular flexibility index (Phi) is 3.12. The SMILES string of the molecule is CON1C=C2C=NC3=C(N2C1)N(c1ccccc1)CC(C)=C3N. The lowest BCUT2D eigenvalue weighted by molar-refractivity contribution is -0.0951. The van der Waals surface area contributed by atoms with E-state index in [4.69, 9.17) is 10.6 Å². The summed E-state index contributed by atoms with van der Waals surface area (Å²) in [4.78, 5) is 14.4. The zero-order valence-electron chi connectivity index (χ0n) is 13.2. The third kappa shape index (κ3) is 2.10. The van der Waals surface area contributed by atoms with E-state index in [0.717, 1.165) is 40.7 Å². The van der Waals surface area contributed by atoms with Gasteiger partial charge in [-0.1, -0.05) is 18.2 Å². The molecule has 0 aromatic heterocycles. The van der Waals surface area contributed by atoms with E-state index in [1.165, 1.54) is 0 Å². The van der Waals surface area contributed by atoms with Gasteiger partial charge < -0.3 is 15.5 Å². The number of hydrogen-bond donors (Lipinski definition) is 1. The topological polar surface area (TPSA) is 57.3 Å². The first-order chi connectivity index (χ1) is 11.2. The summed E-state index contributed by atoms with van der Waals surface area (Å²) >= 11 is 0. The van der Waals surface area contributed by atoms with Crippen molar-refractivity contribution in [1.82, 2.24) is 9.96 Å². The van der Waals surface area contributed by atoms with Gasteiger partial charge in [0.25, 0.3) is 0 Å². The van der Waals surface area contributed by atoms with Gasteiger partial charge in [0.2, 0.25) is 0 Å². The van der Waals surface area contributed by atoms with Gasteiger partial charge >= 0.3 is 0 Å². The van der Waals surface area contributed by atoms with E-state index in [1.54, 1.807) is 12.2 Å². The van der Waals surface area contributed by atoms with Crippen LogP contribution < -0.4 is 10.6 Å². The second kappa shape index (κ2) is 5.17. The highest BCUT2D eigenvalue weighted by Crippen LogP contribution is 2.37. The first-order valence-corrected chi connectivity index (χ1v) is 7.55. The maximum atomic E-state index is 6.31. The second-order valence-electron chi connectivity index (χ2n) is 5.77. The highest BCUT2D eigenvalue weighted by molar-refractivity contribution is 5.83. The van der Waals surface area contributed by atoms with Crippen LogP contribution in [0.1, 0.15) is 6.92 Å². The number of hydrogen-bond acceptors (Lipinski definition) is 6. The summed E-state index contributed by atoms with van der Waals surface area (Å²) < 4.78 is 0. The monoisotopic (exact) mass is 309 g/mol. The van der Waals surface area contributed by atoms with Crippen LogP contribution in [0.15, 0.2) is 70.0 Å². The number of nitrogens with two attached hydrogens (primary N) is 1. The molecule has 0 bridgehead atoms. The molecule has 4 rings (SSSR count). The van der Waals surface area contributed by atoms with Crippen LogP contribution in [0.5, 0.6) is 0 Å². The molecule has 0 saturated carbocycles. The fourth-order valence-electron chi connectivity index (χ4n) is 3.08. The van der Waals surface area contributed by atoms with Crippen LogP contribution >= 0.6 is 0 Å². The number of benzene rings is 1. The molecule has 0 unspecified atom stereocenters. The minimum Gasteiger partial charge on any atom is -0.397 e. The van der Waals surface area contributed by atoms with Gasteiger partial charge in [-0.2, -0.15) is 0 Å². The summed E-state index contributed by atoms with van der Waals surface area (Å²) in [5.41, 5.74) is 11.2. The molecule has 3 aliphatic rings. The number of fused-ring (bicyclic) bond motifs is 2. The normalized spacial score (nSPS) is 20.1. The Morgan fingerprint density at radius 3 is 2.70 bits per heavy atom. The van der Waals surface area contributed by atoms with Crippen LogP contribution in [0, 0.1) is 0 Å². The fourth-order valence-corrected chi connectivity index (χ4v) is 3.08. The number of nitrogens with zero attached hydrogens (tertiary/aromatic N) is 4. The number of para-hydroxylation sites is 1. The van der Waals surface area contributed by atoms with Gasteiger partial charge in [0.15, 0.2) is 0 Å². The Balaban J connectivity index is 1.84. The van der Waals surface area contributed by atoms with Crippen LogP contribution in [-0.2, 0) is 4.84 Å². The summed E-state index contributed by atoms with van der Waals surface area (Å²) in [5, 5.41) is 1.78. The average molecular weight is 309 g/mol. The van der Waals surface area contributed by atoms with Gasteiger partial charge in [-0.05, 0) is 24.6 Å². The molecule has 6 heteroatoms. The quantitative estimate of drug-likeness (QED) is 0.905. The lowest BCUT2D eigenvalue weighted by Gasteiger charge is -2.40. The molecule has 118 valence electrons.